The first-order valence-corrected chi connectivity index (χ1v) is 10.1. The molecule has 1 fully saturated rings. The Morgan fingerprint density at radius 3 is 2.70 bits per heavy atom. The third-order valence-electron chi connectivity index (χ3n) is 4.11. The molecular weight excluding hydrogens is 463 g/mol. The third-order valence-corrected chi connectivity index (χ3v) is 5.81. The fourth-order valence-corrected chi connectivity index (χ4v) is 4.18. The largest absolute Gasteiger partial charge is 0.481 e. The van der Waals surface area contributed by atoms with Gasteiger partial charge in [-0.05, 0) is 36.8 Å². The van der Waals surface area contributed by atoms with Gasteiger partial charge in [-0.25, -0.2) is 0 Å². The van der Waals surface area contributed by atoms with Gasteiger partial charge in [0.25, 0.3) is 5.91 Å². The van der Waals surface area contributed by atoms with Gasteiger partial charge in [-0.3, -0.25) is 14.5 Å². The summed E-state index contributed by atoms with van der Waals surface area (Å²) in [6.07, 6.45) is -2.92. The van der Waals surface area contributed by atoms with Crippen LogP contribution in [0.25, 0.3) is 17.4 Å². The van der Waals surface area contributed by atoms with Crippen LogP contribution in [0.15, 0.2) is 39.7 Å². The van der Waals surface area contributed by atoms with Gasteiger partial charge in [-0.1, -0.05) is 35.6 Å². The highest BCUT2D eigenvalue weighted by Gasteiger charge is 2.33. The highest BCUT2D eigenvalue weighted by Crippen LogP contribution is 2.38. The highest BCUT2D eigenvalue weighted by molar-refractivity contribution is 8.26. The number of carbonyl (C=O) groups excluding carboxylic acids is 1. The number of alkyl halides is 3. The number of hydrogen-bond donors (Lipinski definition) is 1. The molecule has 11 heteroatoms. The SMILES string of the molecule is O=C(O)CCCN1C(=O)/C(=C/c2ccc(-c3cc(C(F)(F)F)ccc3Cl)o2)SC1=S. The van der Waals surface area contributed by atoms with E-state index in [4.69, 9.17) is 33.3 Å². The Labute approximate surface area is 183 Å². The van der Waals surface area contributed by atoms with E-state index in [1.807, 2.05) is 0 Å². The van der Waals surface area contributed by atoms with E-state index in [0.717, 1.165) is 30.0 Å². The number of nitrogens with zero attached hydrogens (tertiary/aromatic N) is 1. The molecule has 0 saturated carbocycles. The van der Waals surface area contributed by atoms with Gasteiger partial charge in [-0.15, -0.1) is 0 Å². The number of amides is 1. The second kappa shape index (κ2) is 8.83. The zero-order valence-electron chi connectivity index (χ0n) is 15.0. The maximum absolute atomic E-state index is 13.0. The first kappa shape index (κ1) is 22.4. The van der Waals surface area contributed by atoms with E-state index in [1.54, 1.807) is 0 Å². The summed E-state index contributed by atoms with van der Waals surface area (Å²) >= 11 is 12.2. The van der Waals surface area contributed by atoms with E-state index in [0.29, 0.717) is 4.32 Å². The van der Waals surface area contributed by atoms with Crippen molar-refractivity contribution in [1.29, 1.82) is 0 Å². The average Bonchev–Trinajstić information content (AvgIpc) is 3.21. The fraction of sp³-hybridized carbons (Fsp3) is 0.211. The summed E-state index contributed by atoms with van der Waals surface area (Å²) in [4.78, 5) is 24.7. The van der Waals surface area contributed by atoms with Crippen LogP contribution in [0.4, 0.5) is 13.2 Å². The lowest BCUT2D eigenvalue weighted by Crippen LogP contribution is -2.29. The zero-order valence-corrected chi connectivity index (χ0v) is 17.4. The number of thiocarbonyl (C=S) groups is 1. The minimum atomic E-state index is -4.52. The van der Waals surface area contributed by atoms with Crippen molar-refractivity contribution in [2.24, 2.45) is 0 Å². The van der Waals surface area contributed by atoms with Crippen molar-refractivity contribution in [2.45, 2.75) is 19.0 Å². The molecule has 0 aliphatic carbocycles. The number of carboxylic acid groups (broad SMARTS) is 1. The summed E-state index contributed by atoms with van der Waals surface area (Å²) in [5.41, 5.74) is -0.783. The Bertz CT molecular complexity index is 1050. The summed E-state index contributed by atoms with van der Waals surface area (Å²) in [5, 5.41) is 8.80. The molecule has 0 atom stereocenters. The monoisotopic (exact) mass is 475 g/mol. The molecule has 0 radical (unpaired) electrons. The molecular formula is C19H13ClF3NO4S2. The Balaban J connectivity index is 1.80. The van der Waals surface area contributed by atoms with Crippen molar-refractivity contribution >= 4 is 57.9 Å². The van der Waals surface area contributed by atoms with Gasteiger partial charge in [0, 0.05) is 24.6 Å². The van der Waals surface area contributed by atoms with Gasteiger partial charge in [0.15, 0.2) is 0 Å². The second-order valence-corrected chi connectivity index (χ2v) is 8.31. The summed E-state index contributed by atoms with van der Waals surface area (Å²) in [6.45, 7) is 0.178. The van der Waals surface area contributed by atoms with Gasteiger partial charge < -0.3 is 9.52 Å². The maximum atomic E-state index is 13.0. The molecule has 30 heavy (non-hydrogen) atoms. The van der Waals surface area contributed by atoms with Crippen LogP contribution < -0.4 is 0 Å². The number of carbonyl (C=O) groups is 2. The number of aliphatic carboxylic acids is 1. The van der Waals surface area contributed by atoms with Crippen LogP contribution in [0.5, 0.6) is 0 Å². The molecule has 1 amide bonds. The van der Waals surface area contributed by atoms with Crippen LogP contribution in [0.2, 0.25) is 5.02 Å². The number of rotatable bonds is 6. The summed E-state index contributed by atoms with van der Waals surface area (Å²) in [5.74, 6) is -0.989. The predicted molar refractivity (Wildman–Crippen MR) is 111 cm³/mol. The fourth-order valence-electron chi connectivity index (χ4n) is 2.68. The predicted octanol–water partition coefficient (Wildman–Crippen LogP) is 5.68. The lowest BCUT2D eigenvalue weighted by Gasteiger charge is -2.13. The molecule has 5 nitrogen and oxygen atoms in total. The number of hydrogen-bond acceptors (Lipinski definition) is 5. The molecule has 0 unspecified atom stereocenters. The van der Waals surface area contributed by atoms with Gasteiger partial charge in [0.05, 0.1) is 15.5 Å². The summed E-state index contributed by atoms with van der Waals surface area (Å²) < 4.78 is 44.8. The molecule has 0 bridgehead atoms. The van der Waals surface area contributed by atoms with Crippen molar-refractivity contribution < 1.29 is 32.3 Å². The first-order chi connectivity index (χ1) is 14.1. The van der Waals surface area contributed by atoms with Crippen LogP contribution in [0.3, 0.4) is 0 Å². The smallest absolute Gasteiger partial charge is 0.416 e. The number of furan rings is 1. The maximum Gasteiger partial charge on any atom is 0.416 e. The molecule has 1 N–H and O–H groups in total. The Kier molecular flexibility index (Phi) is 6.59. The highest BCUT2D eigenvalue weighted by atomic mass is 35.5. The lowest BCUT2D eigenvalue weighted by molar-refractivity contribution is -0.138. The zero-order chi connectivity index (χ0) is 22.1. The van der Waals surface area contributed by atoms with Crippen LogP contribution in [-0.4, -0.2) is 32.7 Å². The van der Waals surface area contributed by atoms with Crippen LogP contribution in [0, 0.1) is 0 Å². The summed E-state index contributed by atoms with van der Waals surface area (Å²) in [7, 11) is 0. The van der Waals surface area contributed by atoms with Crippen LogP contribution >= 0.6 is 35.6 Å². The summed E-state index contributed by atoms with van der Waals surface area (Å²) in [6, 6.07) is 5.88. The van der Waals surface area contributed by atoms with Crippen molar-refractivity contribution in [2.75, 3.05) is 6.54 Å². The number of halogens is 4. The molecule has 2 aromatic rings. The Morgan fingerprint density at radius 2 is 2.03 bits per heavy atom. The normalized spacial score (nSPS) is 16.0. The molecule has 0 spiro atoms. The van der Waals surface area contributed by atoms with Gasteiger partial charge in [0.2, 0.25) is 0 Å². The van der Waals surface area contributed by atoms with Crippen LogP contribution in [-0.2, 0) is 15.8 Å². The average molecular weight is 476 g/mol. The van der Waals surface area contributed by atoms with E-state index < -0.39 is 17.7 Å². The third kappa shape index (κ3) is 5.05. The van der Waals surface area contributed by atoms with Crippen molar-refractivity contribution in [3.8, 4) is 11.3 Å². The molecule has 1 aliphatic rings. The number of carboxylic acids is 1. The van der Waals surface area contributed by atoms with Crippen LogP contribution in [0.1, 0.15) is 24.2 Å². The molecule has 158 valence electrons. The first-order valence-electron chi connectivity index (χ1n) is 8.50. The Morgan fingerprint density at radius 1 is 1.30 bits per heavy atom. The van der Waals surface area contributed by atoms with Crippen molar-refractivity contribution in [1.82, 2.24) is 4.90 Å². The molecule has 1 saturated heterocycles. The van der Waals surface area contributed by atoms with E-state index in [1.165, 1.54) is 23.1 Å². The van der Waals surface area contributed by atoms with Crippen molar-refractivity contribution in [3.63, 3.8) is 0 Å². The molecule has 1 aliphatic heterocycles. The minimum absolute atomic E-state index is 0.0763. The van der Waals surface area contributed by atoms with Gasteiger partial charge in [0.1, 0.15) is 15.8 Å². The van der Waals surface area contributed by atoms with Gasteiger partial charge >= 0.3 is 12.1 Å². The van der Waals surface area contributed by atoms with Crippen molar-refractivity contribution in [3.05, 3.63) is 51.6 Å². The molecule has 1 aromatic carbocycles. The topological polar surface area (TPSA) is 70.8 Å². The standard InChI is InChI=1S/C19H13ClF3NO4S2/c20-13-5-3-10(19(21,22)23)8-12(13)14-6-4-11(28-14)9-15-17(27)24(18(29)30-15)7-1-2-16(25)26/h3-6,8-9H,1-2,7H2,(H,25,26)/b15-9-. The quantitative estimate of drug-likeness (QED) is 0.428. The minimum Gasteiger partial charge on any atom is -0.481 e. The second-order valence-electron chi connectivity index (χ2n) is 6.23. The van der Waals surface area contributed by atoms with Gasteiger partial charge in [-0.2, -0.15) is 13.2 Å². The molecule has 3 rings (SSSR count). The Hall–Kier alpha value is -2.30. The number of thioether (sulfide) groups is 1. The lowest BCUT2D eigenvalue weighted by atomic mass is 10.1. The van der Waals surface area contributed by atoms with E-state index in [-0.39, 0.29) is 52.3 Å². The van der Waals surface area contributed by atoms with E-state index >= 15 is 0 Å². The molecule has 2 heterocycles. The number of benzene rings is 1. The van der Waals surface area contributed by atoms with E-state index in [9.17, 15) is 22.8 Å². The van der Waals surface area contributed by atoms with E-state index in [2.05, 4.69) is 0 Å². The molecule has 1 aromatic heterocycles.